The van der Waals surface area contributed by atoms with Gasteiger partial charge in [0.05, 0.1) is 6.07 Å². The second kappa shape index (κ2) is 11.4. The van der Waals surface area contributed by atoms with Gasteiger partial charge in [0.15, 0.2) is 0 Å². The summed E-state index contributed by atoms with van der Waals surface area (Å²) in [6.45, 7) is 0. The molecule has 0 radical (unpaired) electrons. The van der Waals surface area contributed by atoms with Gasteiger partial charge in [-0.3, -0.25) is 4.79 Å². The Hall–Kier alpha value is -1.21. The third-order valence-electron chi connectivity index (χ3n) is 3.56. The van der Waals surface area contributed by atoms with E-state index in [-0.39, 0.29) is 0 Å². The molecule has 1 aliphatic rings. The molecule has 4 heteroatoms. The Balaban J connectivity index is 1.95. The number of unbranched alkanes of at least 4 members (excludes halogenated alkanes) is 6. The lowest BCUT2D eigenvalue weighted by atomic mass is 10.1. The molecule has 3 nitrogen and oxygen atoms in total. The number of nitrogens with zero attached hydrogens (tertiary/aromatic N) is 1. The number of hydrogen-bond donors (Lipinski definition) is 1. The molecule has 0 aromatic carbocycles. The molecule has 0 aromatic rings. The Bertz CT molecular complexity index is 421. The van der Waals surface area contributed by atoms with Crippen LogP contribution < -0.4 is 0 Å². The maximum Gasteiger partial charge on any atom is 0.303 e. The van der Waals surface area contributed by atoms with Crippen molar-refractivity contribution in [1.82, 2.24) is 0 Å². The first kappa shape index (κ1) is 17.8. The van der Waals surface area contributed by atoms with E-state index in [2.05, 4.69) is 18.2 Å². The molecule has 1 rings (SSSR count). The van der Waals surface area contributed by atoms with Crippen LogP contribution in [-0.4, -0.2) is 16.8 Å². The summed E-state index contributed by atoms with van der Waals surface area (Å²) in [7, 11) is 0. The number of nitriles is 1. The van der Waals surface area contributed by atoms with Gasteiger partial charge in [-0.25, -0.2) is 0 Å². The van der Waals surface area contributed by atoms with Crippen LogP contribution in [0.3, 0.4) is 0 Å². The van der Waals surface area contributed by atoms with Crippen molar-refractivity contribution in [1.29, 1.82) is 5.26 Å². The number of aliphatic carboxylic acids is 1. The average molecular weight is 307 g/mol. The number of thioether (sulfide) groups is 1. The minimum Gasteiger partial charge on any atom is -0.481 e. The van der Waals surface area contributed by atoms with Gasteiger partial charge in [-0.15, -0.1) is 11.8 Å². The van der Waals surface area contributed by atoms with Gasteiger partial charge >= 0.3 is 5.97 Å². The van der Waals surface area contributed by atoms with Gasteiger partial charge in [0.1, 0.15) is 0 Å². The van der Waals surface area contributed by atoms with Crippen molar-refractivity contribution in [2.45, 2.75) is 64.2 Å². The van der Waals surface area contributed by atoms with Crippen LogP contribution in [0.2, 0.25) is 0 Å². The van der Waals surface area contributed by atoms with E-state index in [0.29, 0.717) is 6.42 Å². The van der Waals surface area contributed by atoms with E-state index in [1.54, 1.807) is 0 Å². The van der Waals surface area contributed by atoms with Crippen LogP contribution in [0.15, 0.2) is 22.6 Å². The highest BCUT2D eigenvalue weighted by Crippen LogP contribution is 2.28. The first-order valence-corrected chi connectivity index (χ1v) is 8.87. The number of carboxylic acids is 1. The lowest BCUT2D eigenvalue weighted by Crippen LogP contribution is -1.93. The zero-order valence-electron chi connectivity index (χ0n) is 12.6. The summed E-state index contributed by atoms with van der Waals surface area (Å²) >= 11 is 1.81. The van der Waals surface area contributed by atoms with E-state index < -0.39 is 5.97 Å². The molecule has 116 valence electrons. The number of hydrogen-bond acceptors (Lipinski definition) is 3. The van der Waals surface area contributed by atoms with E-state index in [1.165, 1.54) is 25.7 Å². The number of carbonyl (C=O) groups is 1. The van der Waals surface area contributed by atoms with Gasteiger partial charge in [-0.1, -0.05) is 44.3 Å². The zero-order valence-corrected chi connectivity index (χ0v) is 13.5. The second-order valence-corrected chi connectivity index (χ2v) is 6.50. The molecule has 0 atom stereocenters. The average Bonchev–Trinajstić information content (AvgIpc) is 2.49. The van der Waals surface area contributed by atoms with E-state index >= 15 is 0 Å². The Labute approximate surface area is 132 Å². The molecule has 0 fully saturated rings. The maximum atomic E-state index is 10.4. The van der Waals surface area contributed by atoms with Crippen molar-refractivity contribution < 1.29 is 9.90 Å². The summed E-state index contributed by atoms with van der Waals surface area (Å²) in [4.78, 5) is 11.5. The molecule has 0 spiro atoms. The van der Waals surface area contributed by atoms with Crippen LogP contribution in [0, 0.1) is 11.3 Å². The fraction of sp³-hybridized carbons (Fsp3) is 0.647. The second-order valence-electron chi connectivity index (χ2n) is 5.36. The van der Waals surface area contributed by atoms with Crippen molar-refractivity contribution in [3.05, 3.63) is 22.6 Å². The topological polar surface area (TPSA) is 61.1 Å². The van der Waals surface area contributed by atoms with Gasteiger partial charge in [0.2, 0.25) is 0 Å². The number of rotatable bonds is 11. The van der Waals surface area contributed by atoms with Crippen LogP contribution in [0.1, 0.15) is 64.2 Å². The summed E-state index contributed by atoms with van der Waals surface area (Å²) in [6, 6.07) is 2.31. The fourth-order valence-electron chi connectivity index (χ4n) is 2.33. The predicted molar refractivity (Wildman–Crippen MR) is 88.0 cm³/mol. The molecule has 0 saturated carbocycles. The molecule has 0 unspecified atom stereocenters. The van der Waals surface area contributed by atoms with Gasteiger partial charge in [0.25, 0.3) is 0 Å². The molecule has 0 amide bonds. The molecule has 21 heavy (non-hydrogen) atoms. The van der Waals surface area contributed by atoms with E-state index in [0.717, 1.165) is 48.3 Å². The van der Waals surface area contributed by atoms with Crippen LogP contribution in [0.4, 0.5) is 0 Å². The normalized spacial score (nSPS) is 14.2. The molecule has 0 aliphatic heterocycles. The molecule has 0 bridgehead atoms. The van der Waals surface area contributed by atoms with Crippen LogP contribution >= 0.6 is 11.8 Å². The molecular weight excluding hydrogens is 282 g/mol. The Morgan fingerprint density at radius 1 is 1.19 bits per heavy atom. The minimum atomic E-state index is -0.685. The Morgan fingerprint density at radius 2 is 1.86 bits per heavy atom. The van der Waals surface area contributed by atoms with Gasteiger partial charge in [-0.2, -0.15) is 5.26 Å². The van der Waals surface area contributed by atoms with Crippen molar-refractivity contribution in [2.24, 2.45) is 0 Å². The van der Waals surface area contributed by atoms with Crippen molar-refractivity contribution in [3.63, 3.8) is 0 Å². The molecule has 0 saturated heterocycles. The zero-order chi connectivity index (χ0) is 15.3. The van der Waals surface area contributed by atoms with E-state index in [1.807, 2.05) is 11.8 Å². The van der Waals surface area contributed by atoms with E-state index in [4.69, 9.17) is 10.4 Å². The first-order chi connectivity index (χ1) is 10.2. The summed E-state index contributed by atoms with van der Waals surface area (Å²) in [6.07, 6.45) is 14.3. The van der Waals surface area contributed by atoms with Crippen LogP contribution in [-0.2, 0) is 4.79 Å². The van der Waals surface area contributed by atoms with Gasteiger partial charge in [-0.05, 0) is 31.4 Å². The number of carboxylic acid groups (broad SMARTS) is 1. The largest absolute Gasteiger partial charge is 0.481 e. The smallest absolute Gasteiger partial charge is 0.303 e. The number of allylic oxidation sites excluding steroid dienone is 3. The SMILES string of the molecule is N#CC1=C(SCCCCCCCCCC(=O)O)C=CCC1. The van der Waals surface area contributed by atoms with Crippen LogP contribution in [0.5, 0.6) is 0 Å². The molecule has 0 heterocycles. The van der Waals surface area contributed by atoms with Crippen molar-refractivity contribution in [3.8, 4) is 6.07 Å². The lowest BCUT2D eigenvalue weighted by molar-refractivity contribution is -0.137. The highest BCUT2D eigenvalue weighted by molar-refractivity contribution is 8.03. The highest BCUT2D eigenvalue weighted by Gasteiger charge is 2.07. The first-order valence-electron chi connectivity index (χ1n) is 7.88. The standard InChI is InChI=1S/C17H25NO2S/c18-14-15-10-7-8-11-16(15)21-13-9-5-3-1-2-4-6-12-17(19)20/h8,11H,1-7,9-10,12-13H2,(H,19,20). The third kappa shape index (κ3) is 8.62. The summed E-state index contributed by atoms with van der Waals surface area (Å²) in [5.41, 5.74) is 0.945. The summed E-state index contributed by atoms with van der Waals surface area (Å²) < 4.78 is 0. The van der Waals surface area contributed by atoms with Crippen molar-refractivity contribution >= 4 is 17.7 Å². The summed E-state index contributed by atoms with van der Waals surface area (Å²) in [5, 5.41) is 17.6. The fourth-order valence-corrected chi connectivity index (χ4v) is 3.42. The Kier molecular flexibility index (Phi) is 9.73. The highest BCUT2D eigenvalue weighted by atomic mass is 32.2. The maximum absolute atomic E-state index is 10.4. The van der Waals surface area contributed by atoms with Crippen molar-refractivity contribution in [2.75, 3.05) is 5.75 Å². The molecule has 0 aromatic heterocycles. The van der Waals surface area contributed by atoms with E-state index in [9.17, 15) is 4.79 Å². The predicted octanol–water partition coefficient (Wildman–Crippen LogP) is 5.05. The van der Waals surface area contributed by atoms with Crippen LogP contribution in [0.25, 0.3) is 0 Å². The lowest BCUT2D eigenvalue weighted by Gasteiger charge is -2.09. The molecular formula is C17H25NO2S. The Morgan fingerprint density at radius 3 is 2.52 bits per heavy atom. The molecule has 1 N–H and O–H groups in total. The monoisotopic (exact) mass is 307 g/mol. The summed E-state index contributed by atoms with van der Waals surface area (Å²) in [5.74, 6) is 0.402. The van der Waals surface area contributed by atoms with Gasteiger partial charge in [0, 0.05) is 16.9 Å². The molecule has 1 aliphatic carbocycles. The minimum absolute atomic E-state index is 0.306. The third-order valence-corrected chi connectivity index (χ3v) is 4.74. The quantitative estimate of drug-likeness (QED) is 0.542. The van der Waals surface area contributed by atoms with Gasteiger partial charge < -0.3 is 5.11 Å².